The van der Waals surface area contributed by atoms with Gasteiger partial charge in [-0.25, -0.2) is 0 Å². The monoisotopic (exact) mass is 458 g/mol. The van der Waals surface area contributed by atoms with Crippen LogP contribution in [-0.4, -0.2) is 18.3 Å². The molecule has 0 amide bonds. The molecule has 1 saturated heterocycles. The summed E-state index contributed by atoms with van der Waals surface area (Å²) >= 11 is 0. The van der Waals surface area contributed by atoms with Crippen molar-refractivity contribution in [2.24, 2.45) is 0 Å². The van der Waals surface area contributed by atoms with E-state index in [9.17, 15) is 0 Å². The van der Waals surface area contributed by atoms with Crippen molar-refractivity contribution in [1.82, 2.24) is 0 Å². The molecule has 1 fully saturated rings. The van der Waals surface area contributed by atoms with Crippen molar-refractivity contribution in [2.75, 3.05) is 0 Å². The van der Waals surface area contributed by atoms with E-state index in [0.717, 1.165) is 28.1 Å². The fourth-order valence-electron chi connectivity index (χ4n) is 6.06. The fraction of sp³-hybridized carbons (Fsp3) is 0.226. The van der Waals surface area contributed by atoms with Crippen molar-refractivity contribution in [1.29, 1.82) is 0 Å². The molecule has 1 aliphatic carbocycles. The van der Waals surface area contributed by atoms with Crippen LogP contribution in [0.2, 0.25) is 0 Å². The largest absolute Gasteiger partial charge is 0.498 e. The van der Waals surface area contributed by atoms with Gasteiger partial charge in [-0.15, -0.1) is 0 Å². The number of ether oxygens (including phenoxy) is 1. The van der Waals surface area contributed by atoms with E-state index in [1.54, 1.807) is 0 Å². The maximum Gasteiger partial charge on any atom is 0.498 e. The first-order valence-corrected chi connectivity index (χ1v) is 12.3. The molecule has 0 saturated carbocycles. The topological polar surface area (TPSA) is 27.7 Å². The van der Waals surface area contributed by atoms with Crippen molar-refractivity contribution >= 4 is 12.6 Å². The second-order valence-electron chi connectivity index (χ2n) is 10.8. The molecule has 1 spiro atoms. The minimum Gasteiger partial charge on any atom is -0.457 e. The number of fused-ring (bicyclic) bond motifs is 9. The highest BCUT2D eigenvalue weighted by atomic mass is 16.7. The number of rotatable bonds is 1. The van der Waals surface area contributed by atoms with Crippen LogP contribution in [0.15, 0.2) is 91.0 Å². The minimum absolute atomic E-state index is 0.433. The lowest BCUT2D eigenvalue weighted by Gasteiger charge is -2.40. The zero-order valence-electron chi connectivity index (χ0n) is 20.5. The molecule has 0 N–H and O–H groups in total. The van der Waals surface area contributed by atoms with Crippen molar-refractivity contribution in [3.8, 4) is 22.6 Å². The Kier molecular flexibility index (Phi) is 4.12. The Morgan fingerprint density at radius 3 is 1.69 bits per heavy atom. The van der Waals surface area contributed by atoms with Gasteiger partial charge >= 0.3 is 7.12 Å². The van der Waals surface area contributed by atoms with E-state index in [1.165, 1.54) is 22.3 Å². The van der Waals surface area contributed by atoms with Gasteiger partial charge in [0.05, 0.1) is 16.6 Å². The summed E-state index contributed by atoms with van der Waals surface area (Å²) in [7, 11) is -0.510. The van der Waals surface area contributed by atoms with E-state index < -0.39 is 23.7 Å². The van der Waals surface area contributed by atoms with Crippen molar-refractivity contribution in [3.05, 3.63) is 113 Å². The average Bonchev–Trinajstić information content (AvgIpc) is 3.27. The third-order valence-corrected chi connectivity index (χ3v) is 8.41. The van der Waals surface area contributed by atoms with Crippen LogP contribution in [0, 0.1) is 0 Å². The summed E-state index contributed by atoms with van der Waals surface area (Å²) in [5, 5.41) is 0. The molecule has 2 heterocycles. The Labute approximate surface area is 206 Å². The van der Waals surface area contributed by atoms with Gasteiger partial charge in [0.2, 0.25) is 0 Å². The Balaban J connectivity index is 1.56. The maximum atomic E-state index is 6.71. The predicted molar refractivity (Wildman–Crippen MR) is 140 cm³/mol. The number of hydrogen-bond acceptors (Lipinski definition) is 3. The molecule has 0 unspecified atom stereocenters. The summed E-state index contributed by atoms with van der Waals surface area (Å²) in [5.74, 6) is 1.70. The Morgan fingerprint density at radius 1 is 0.543 bits per heavy atom. The highest BCUT2D eigenvalue weighted by Gasteiger charge is 2.55. The SMILES string of the molecule is CC1(C)OB(c2cccc3c2Oc2ccccc2C32c3ccccc3-c3ccccc32)OC1(C)C. The van der Waals surface area contributed by atoms with Crippen LogP contribution in [0.3, 0.4) is 0 Å². The van der Waals surface area contributed by atoms with Crippen LogP contribution in [0.5, 0.6) is 11.5 Å². The summed E-state index contributed by atoms with van der Waals surface area (Å²) in [4.78, 5) is 0. The predicted octanol–water partition coefficient (Wildman–Crippen LogP) is 6.45. The minimum atomic E-state index is -0.510. The van der Waals surface area contributed by atoms with E-state index in [1.807, 2.05) is 6.07 Å². The summed E-state index contributed by atoms with van der Waals surface area (Å²) in [5.41, 5.74) is 6.98. The number of para-hydroxylation sites is 2. The lowest BCUT2D eigenvalue weighted by molar-refractivity contribution is 0.00578. The smallest absolute Gasteiger partial charge is 0.457 e. The van der Waals surface area contributed by atoms with Gasteiger partial charge in [0.1, 0.15) is 11.5 Å². The summed E-state index contributed by atoms with van der Waals surface area (Å²) < 4.78 is 19.7. The number of hydrogen-bond donors (Lipinski definition) is 0. The zero-order valence-corrected chi connectivity index (χ0v) is 20.5. The molecule has 4 heteroatoms. The van der Waals surface area contributed by atoms with Crippen LogP contribution < -0.4 is 10.2 Å². The second kappa shape index (κ2) is 6.87. The van der Waals surface area contributed by atoms with Gasteiger partial charge in [0.25, 0.3) is 0 Å². The molecule has 3 aliphatic rings. The standard InChI is InChI=1S/C31H27BO3/c1-29(2)30(3,4)35-32(34-29)26-18-11-17-25-28(26)33-27-19-10-9-16-24(27)31(25)22-14-7-5-12-20(22)21-13-6-8-15-23(21)31/h5-19H,1-4H3. The molecule has 4 aromatic carbocycles. The van der Waals surface area contributed by atoms with Crippen LogP contribution >= 0.6 is 0 Å². The first-order chi connectivity index (χ1) is 16.8. The summed E-state index contributed by atoms with van der Waals surface area (Å²) in [6.45, 7) is 8.35. The highest BCUT2D eigenvalue weighted by Crippen LogP contribution is 2.61. The second-order valence-corrected chi connectivity index (χ2v) is 10.8. The molecular formula is C31H27BO3. The normalized spacial score (nSPS) is 19.5. The quantitative estimate of drug-likeness (QED) is 0.265. The molecule has 35 heavy (non-hydrogen) atoms. The molecule has 0 atom stereocenters. The van der Waals surface area contributed by atoms with Crippen LogP contribution in [0.1, 0.15) is 49.9 Å². The average molecular weight is 458 g/mol. The van der Waals surface area contributed by atoms with E-state index in [-0.39, 0.29) is 0 Å². The fourth-order valence-corrected chi connectivity index (χ4v) is 6.06. The van der Waals surface area contributed by atoms with Crippen molar-refractivity contribution in [3.63, 3.8) is 0 Å². The molecule has 172 valence electrons. The summed E-state index contributed by atoms with van der Waals surface area (Å²) in [6.07, 6.45) is 0. The number of benzene rings is 4. The summed E-state index contributed by atoms with van der Waals surface area (Å²) in [6, 6.07) is 32.4. The van der Waals surface area contributed by atoms with Gasteiger partial charge in [0, 0.05) is 16.6 Å². The van der Waals surface area contributed by atoms with E-state index in [0.29, 0.717) is 0 Å². The highest BCUT2D eigenvalue weighted by molar-refractivity contribution is 6.63. The Hall–Kier alpha value is -3.34. The van der Waals surface area contributed by atoms with Gasteiger partial charge in [-0.3, -0.25) is 0 Å². The van der Waals surface area contributed by atoms with Gasteiger partial charge in [-0.1, -0.05) is 84.9 Å². The Morgan fingerprint density at radius 2 is 1.06 bits per heavy atom. The molecule has 0 radical (unpaired) electrons. The third-order valence-electron chi connectivity index (χ3n) is 8.41. The van der Waals surface area contributed by atoms with Crippen molar-refractivity contribution < 1.29 is 14.0 Å². The van der Waals surface area contributed by atoms with E-state index in [2.05, 4.69) is 113 Å². The molecule has 3 nitrogen and oxygen atoms in total. The Bertz CT molecular complexity index is 1440. The van der Waals surface area contributed by atoms with Crippen LogP contribution in [-0.2, 0) is 14.7 Å². The zero-order chi connectivity index (χ0) is 24.0. The van der Waals surface area contributed by atoms with Gasteiger partial charge in [-0.05, 0) is 56.0 Å². The molecular weight excluding hydrogens is 431 g/mol. The molecule has 2 aliphatic heterocycles. The first-order valence-electron chi connectivity index (χ1n) is 12.3. The lowest BCUT2D eigenvalue weighted by atomic mass is 9.64. The first kappa shape index (κ1) is 21.0. The van der Waals surface area contributed by atoms with E-state index >= 15 is 0 Å². The maximum absolute atomic E-state index is 6.71. The lowest BCUT2D eigenvalue weighted by Crippen LogP contribution is -2.41. The van der Waals surface area contributed by atoms with Crippen LogP contribution in [0.25, 0.3) is 11.1 Å². The molecule has 0 aromatic heterocycles. The van der Waals surface area contributed by atoms with Gasteiger partial charge < -0.3 is 14.0 Å². The van der Waals surface area contributed by atoms with Gasteiger partial charge in [-0.2, -0.15) is 0 Å². The third kappa shape index (κ3) is 2.59. The van der Waals surface area contributed by atoms with Crippen molar-refractivity contribution in [2.45, 2.75) is 44.3 Å². The molecule has 0 bridgehead atoms. The van der Waals surface area contributed by atoms with Gasteiger partial charge in [0.15, 0.2) is 0 Å². The van der Waals surface area contributed by atoms with E-state index in [4.69, 9.17) is 14.0 Å². The van der Waals surface area contributed by atoms with Crippen LogP contribution in [0.4, 0.5) is 0 Å². The molecule has 7 rings (SSSR count). The molecule has 4 aromatic rings.